The third-order valence-corrected chi connectivity index (χ3v) is 15.0. The van der Waals surface area contributed by atoms with Gasteiger partial charge in [0, 0.05) is 19.3 Å². The first-order valence-electron chi connectivity index (χ1n) is 33.9. The first-order chi connectivity index (χ1) is 38.5. The largest absolute Gasteiger partial charge is 0.462 e. The smallest absolute Gasteiger partial charge is 0.306 e. The van der Waals surface area contributed by atoms with Crippen LogP contribution in [-0.4, -0.2) is 37.2 Å². The van der Waals surface area contributed by atoms with Crippen molar-refractivity contribution in [2.24, 2.45) is 0 Å². The van der Waals surface area contributed by atoms with Gasteiger partial charge in [-0.25, -0.2) is 0 Å². The third kappa shape index (κ3) is 63.7. The number of rotatable bonds is 62. The van der Waals surface area contributed by atoms with Gasteiger partial charge in [-0.1, -0.05) is 331 Å². The second kappa shape index (κ2) is 66.4. The number of hydrogen-bond acceptors (Lipinski definition) is 6. The Labute approximate surface area is 484 Å². The van der Waals surface area contributed by atoms with E-state index in [1.807, 2.05) is 0 Å². The molecule has 0 aromatic rings. The molecule has 1 atom stereocenters. The fraction of sp³-hybridized carbons (Fsp3) is 0.792. The highest BCUT2D eigenvalue weighted by molar-refractivity contribution is 5.71. The average molecular weight is 1090 g/mol. The highest BCUT2D eigenvalue weighted by Gasteiger charge is 2.19. The van der Waals surface area contributed by atoms with Crippen LogP contribution in [0, 0.1) is 0 Å². The van der Waals surface area contributed by atoms with Crippen LogP contribution >= 0.6 is 0 Å². The lowest BCUT2D eigenvalue weighted by atomic mass is 10.0. The van der Waals surface area contributed by atoms with Crippen LogP contribution in [0.25, 0.3) is 0 Å². The van der Waals surface area contributed by atoms with E-state index in [9.17, 15) is 14.4 Å². The second-order valence-electron chi connectivity index (χ2n) is 22.7. The maximum atomic E-state index is 12.9. The quantitative estimate of drug-likeness (QED) is 0.0261. The molecule has 0 N–H and O–H groups in total. The summed E-state index contributed by atoms with van der Waals surface area (Å²) in [5.74, 6) is -0.850. The van der Waals surface area contributed by atoms with Gasteiger partial charge in [0.1, 0.15) is 13.2 Å². The number of unbranched alkanes of at least 4 members (excludes halogenated alkanes) is 39. The average Bonchev–Trinajstić information content (AvgIpc) is 3.44. The first kappa shape index (κ1) is 74.8. The number of allylic oxidation sites excluding steroid dienone is 12. The van der Waals surface area contributed by atoms with Crippen LogP contribution in [0.5, 0.6) is 0 Å². The van der Waals surface area contributed by atoms with Crippen molar-refractivity contribution in [3.8, 4) is 0 Å². The fourth-order valence-corrected chi connectivity index (χ4v) is 9.92. The van der Waals surface area contributed by atoms with E-state index in [4.69, 9.17) is 14.2 Å². The van der Waals surface area contributed by atoms with Crippen molar-refractivity contribution < 1.29 is 28.6 Å². The molecule has 0 aromatic heterocycles. The van der Waals surface area contributed by atoms with Crippen LogP contribution in [-0.2, 0) is 28.6 Å². The molecule has 0 aliphatic heterocycles. The van der Waals surface area contributed by atoms with E-state index in [1.54, 1.807) is 0 Å². The zero-order chi connectivity index (χ0) is 56.4. The molecular weight excluding hydrogens is 961 g/mol. The van der Waals surface area contributed by atoms with E-state index in [-0.39, 0.29) is 31.1 Å². The zero-order valence-electron chi connectivity index (χ0n) is 51.9. The zero-order valence-corrected chi connectivity index (χ0v) is 51.9. The highest BCUT2D eigenvalue weighted by atomic mass is 16.6. The van der Waals surface area contributed by atoms with Crippen LogP contribution in [0.3, 0.4) is 0 Å². The van der Waals surface area contributed by atoms with E-state index in [1.165, 1.54) is 212 Å². The Bertz CT molecular complexity index is 1440. The minimum Gasteiger partial charge on any atom is -0.462 e. The molecule has 0 radical (unpaired) electrons. The minimum absolute atomic E-state index is 0.0679. The van der Waals surface area contributed by atoms with Crippen LogP contribution in [0.2, 0.25) is 0 Å². The Balaban J connectivity index is 4.04. The van der Waals surface area contributed by atoms with E-state index in [0.717, 1.165) is 96.3 Å². The molecule has 6 heteroatoms. The Morgan fingerprint density at radius 3 is 0.782 bits per heavy atom. The topological polar surface area (TPSA) is 78.9 Å². The molecule has 78 heavy (non-hydrogen) atoms. The molecule has 0 fully saturated rings. The van der Waals surface area contributed by atoms with Gasteiger partial charge in [-0.05, 0) is 70.6 Å². The van der Waals surface area contributed by atoms with Gasteiger partial charge in [0.2, 0.25) is 0 Å². The molecule has 1 unspecified atom stereocenters. The van der Waals surface area contributed by atoms with Crippen LogP contribution in [0.15, 0.2) is 72.9 Å². The Morgan fingerprint density at radius 2 is 0.500 bits per heavy atom. The number of ether oxygens (including phenoxy) is 3. The van der Waals surface area contributed by atoms with Crippen molar-refractivity contribution >= 4 is 17.9 Å². The van der Waals surface area contributed by atoms with Gasteiger partial charge >= 0.3 is 17.9 Å². The summed E-state index contributed by atoms with van der Waals surface area (Å²) in [6.45, 7) is 6.55. The monoisotopic (exact) mass is 1090 g/mol. The third-order valence-electron chi connectivity index (χ3n) is 15.0. The summed E-state index contributed by atoms with van der Waals surface area (Å²) >= 11 is 0. The lowest BCUT2D eigenvalue weighted by Crippen LogP contribution is -2.30. The SMILES string of the molecule is CC/C=C\C/C=C\C/C=C\C/C=C\C/C=C\C/C=C\CCCCCCCCCCCCCCCCCCC(=O)OCC(COC(=O)CCCCCCCCCCC)OC(=O)CCCCCCCCCCCCCCCCCC. The molecule has 0 aliphatic rings. The van der Waals surface area contributed by atoms with Gasteiger partial charge in [-0.15, -0.1) is 0 Å². The number of esters is 3. The molecule has 6 nitrogen and oxygen atoms in total. The lowest BCUT2D eigenvalue weighted by Gasteiger charge is -2.18. The standard InChI is InChI=1S/C72H128O6/c1-4-7-10-13-16-19-21-23-25-27-28-29-30-31-32-33-34-35-36-37-38-39-40-41-42-43-44-45-47-48-50-53-56-59-62-65-71(74)77-68-69(67-76-70(73)64-61-58-55-52-18-15-12-9-6-3)78-72(75)66-63-60-57-54-51-49-46-26-24-22-20-17-14-11-8-5-2/h7,10,16,19,23,25,28-29,31-32,34-35,69H,4-6,8-9,11-15,17-18,20-22,24,26-27,30,33,36-68H2,1-3H3/b10-7-,19-16-,25-23-,29-28-,32-31-,35-34-. The van der Waals surface area contributed by atoms with E-state index in [2.05, 4.69) is 93.7 Å². The molecule has 0 aromatic carbocycles. The molecule has 0 saturated heterocycles. The molecule has 0 aliphatic carbocycles. The maximum Gasteiger partial charge on any atom is 0.306 e. The molecule has 0 heterocycles. The van der Waals surface area contributed by atoms with E-state index < -0.39 is 6.10 Å². The van der Waals surface area contributed by atoms with Gasteiger partial charge in [-0.2, -0.15) is 0 Å². The van der Waals surface area contributed by atoms with E-state index >= 15 is 0 Å². The van der Waals surface area contributed by atoms with Gasteiger partial charge in [0.05, 0.1) is 0 Å². The van der Waals surface area contributed by atoms with E-state index in [0.29, 0.717) is 19.3 Å². The lowest BCUT2D eigenvalue weighted by molar-refractivity contribution is -0.167. The molecule has 0 saturated carbocycles. The van der Waals surface area contributed by atoms with Crippen molar-refractivity contribution in [2.75, 3.05) is 13.2 Å². The summed E-state index contributed by atoms with van der Waals surface area (Å²) in [5, 5.41) is 0. The predicted octanol–water partition coefficient (Wildman–Crippen LogP) is 23.3. The predicted molar refractivity (Wildman–Crippen MR) is 339 cm³/mol. The van der Waals surface area contributed by atoms with Crippen molar-refractivity contribution in [3.05, 3.63) is 72.9 Å². The van der Waals surface area contributed by atoms with Crippen molar-refractivity contribution in [1.29, 1.82) is 0 Å². The summed E-state index contributed by atoms with van der Waals surface area (Å²) in [7, 11) is 0. The number of hydrogen-bond donors (Lipinski definition) is 0. The Kier molecular flexibility index (Phi) is 63.7. The maximum absolute atomic E-state index is 12.9. The minimum atomic E-state index is -0.768. The molecule has 0 spiro atoms. The highest BCUT2D eigenvalue weighted by Crippen LogP contribution is 2.18. The molecule has 0 bridgehead atoms. The summed E-state index contributed by atoms with van der Waals surface area (Å²) in [6.07, 6.45) is 86.6. The van der Waals surface area contributed by atoms with Gasteiger partial charge in [0.25, 0.3) is 0 Å². The first-order valence-corrected chi connectivity index (χ1v) is 33.9. The Hall–Kier alpha value is -3.15. The van der Waals surface area contributed by atoms with Crippen LogP contribution in [0.4, 0.5) is 0 Å². The number of carbonyl (C=O) groups is 3. The molecule has 0 rings (SSSR count). The summed E-state index contributed by atoms with van der Waals surface area (Å²) < 4.78 is 16.9. The van der Waals surface area contributed by atoms with Crippen molar-refractivity contribution in [1.82, 2.24) is 0 Å². The normalized spacial score (nSPS) is 12.5. The van der Waals surface area contributed by atoms with Crippen LogP contribution < -0.4 is 0 Å². The van der Waals surface area contributed by atoms with Crippen molar-refractivity contribution in [3.63, 3.8) is 0 Å². The van der Waals surface area contributed by atoms with Crippen LogP contribution in [0.1, 0.15) is 348 Å². The van der Waals surface area contributed by atoms with Crippen molar-refractivity contribution in [2.45, 2.75) is 354 Å². The summed E-state index contributed by atoms with van der Waals surface area (Å²) in [4.78, 5) is 38.2. The Morgan fingerprint density at radius 1 is 0.269 bits per heavy atom. The molecule has 452 valence electrons. The summed E-state index contributed by atoms with van der Waals surface area (Å²) in [5.41, 5.74) is 0. The van der Waals surface area contributed by atoms with Gasteiger partial charge in [0.15, 0.2) is 6.10 Å². The fourth-order valence-electron chi connectivity index (χ4n) is 9.92. The van der Waals surface area contributed by atoms with Gasteiger partial charge < -0.3 is 14.2 Å². The summed E-state index contributed by atoms with van der Waals surface area (Å²) in [6, 6.07) is 0. The second-order valence-corrected chi connectivity index (χ2v) is 22.7. The van der Waals surface area contributed by atoms with Gasteiger partial charge in [-0.3, -0.25) is 14.4 Å². The molecular formula is C72H128O6. The number of carbonyl (C=O) groups excluding carboxylic acids is 3. The molecule has 0 amide bonds.